The van der Waals surface area contributed by atoms with Gasteiger partial charge in [0.2, 0.25) is 0 Å². The van der Waals surface area contributed by atoms with Gasteiger partial charge in [-0.1, -0.05) is 30.3 Å². The Labute approximate surface area is 125 Å². The molecule has 1 fully saturated rings. The number of likely N-dealkylation sites (tertiary alicyclic amines) is 1. The van der Waals surface area contributed by atoms with E-state index in [1.165, 1.54) is 5.56 Å². The van der Waals surface area contributed by atoms with Crippen LogP contribution in [0.15, 0.2) is 30.3 Å². The van der Waals surface area contributed by atoms with Crippen LogP contribution in [0.25, 0.3) is 0 Å². The monoisotopic (exact) mass is 327 g/mol. The lowest BCUT2D eigenvalue weighted by molar-refractivity contribution is -0.150. The first-order chi connectivity index (χ1) is 8.72. The molecule has 0 N–H and O–H groups in total. The van der Waals surface area contributed by atoms with Crippen molar-refractivity contribution < 1.29 is 9.53 Å². The minimum atomic E-state index is -0.0575. The molecule has 1 aliphatic heterocycles. The number of rotatable bonds is 3. The summed E-state index contributed by atoms with van der Waals surface area (Å²) in [6.45, 7) is 4.15. The second-order valence-electron chi connectivity index (χ2n) is 4.93. The van der Waals surface area contributed by atoms with Gasteiger partial charge in [0.1, 0.15) is 0 Å². The fourth-order valence-electron chi connectivity index (χ4n) is 2.70. The summed E-state index contributed by atoms with van der Waals surface area (Å²) in [4.78, 5) is 14.3. The number of esters is 1. The van der Waals surface area contributed by atoms with E-state index in [4.69, 9.17) is 4.74 Å². The number of ether oxygens (including phenoxy) is 1. The predicted molar refractivity (Wildman–Crippen MR) is 81.7 cm³/mol. The van der Waals surface area contributed by atoms with Gasteiger partial charge in [-0.2, -0.15) is 0 Å². The van der Waals surface area contributed by atoms with Gasteiger partial charge in [-0.05, 0) is 38.4 Å². The molecular formula is C15H22BrNO2. The zero-order chi connectivity index (χ0) is 13.0. The Balaban J connectivity index is 0.00000180. The smallest absolute Gasteiger partial charge is 0.310 e. The maximum absolute atomic E-state index is 12.1. The molecule has 0 unspecified atom stereocenters. The lowest BCUT2D eigenvalue weighted by atomic mass is 9.80. The Morgan fingerprint density at radius 3 is 2.68 bits per heavy atom. The minimum absolute atomic E-state index is 0. The minimum Gasteiger partial charge on any atom is -0.466 e. The Bertz CT molecular complexity index is 396. The van der Waals surface area contributed by atoms with Crippen LogP contribution in [0.3, 0.4) is 0 Å². The van der Waals surface area contributed by atoms with Crippen LogP contribution < -0.4 is 0 Å². The molecule has 0 aliphatic carbocycles. The van der Waals surface area contributed by atoms with Crippen molar-refractivity contribution in [2.75, 3.05) is 26.7 Å². The fourth-order valence-corrected chi connectivity index (χ4v) is 2.70. The second-order valence-corrected chi connectivity index (χ2v) is 4.93. The molecule has 106 valence electrons. The van der Waals surface area contributed by atoms with Crippen LogP contribution in [0, 0.1) is 5.92 Å². The van der Waals surface area contributed by atoms with Gasteiger partial charge in [0.15, 0.2) is 0 Å². The van der Waals surface area contributed by atoms with Crippen LogP contribution in [-0.2, 0) is 9.53 Å². The highest BCUT2D eigenvalue weighted by Crippen LogP contribution is 2.33. The van der Waals surface area contributed by atoms with E-state index in [-0.39, 0.29) is 28.9 Å². The van der Waals surface area contributed by atoms with Crippen molar-refractivity contribution in [2.45, 2.75) is 19.3 Å². The molecule has 1 aromatic carbocycles. The number of carbonyl (C=O) groups is 1. The zero-order valence-corrected chi connectivity index (χ0v) is 13.3. The third kappa shape index (κ3) is 4.05. The highest BCUT2D eigenvalue weighted by molar-refractivity contribution is 8.93. The summed E-state index contributed by atoms with van der Waals surface area (Å²) in [5.41, 5.74) is 1.25. The van der Waals surface area contributed by atoms with E-state index >= 15 is 0 Å². The first-order valence-electron chi connectivity index (χ1n) is 6.62. The topological polar surface area (TPSA) is 29.5 Å². The van der Waals surface area contributed by atoms with Crippen molar-refractivity contribution in [3.63, 3.8) is 0 Å². The van der Waals surface area contributed by atoms with Gasteiger partial charge in [0.25, 0.3) is 0 Å². The molecule has 3 nitrogen and oxygen atoms in total. The van der Waals surface area contributed by atoms with Crippen molar-refractivity contribution in [2.24, 2.45) is 5.92 Å². The van der Waals surface area contributed by atoms with Gasteiger partial charge < -0.3 is 9.64 Å². The van der Waals surface area contributed by atoms with E-state index in [2.05, 4.69) is 24.1 Å². The van der Waals surface area contributed by atoms with Crippen LogP contribution in [0.5, 0.6) is 0 Å². The van der Waals surface area contributed by atoms with Gasteiger partial charge in [-0.15, -0.1) is 17.0 Å². The third-order valence-electron chi connectivity index (χ3n) is 3.63. The van der Waals surface area contributed by atoms with E-state index in [0.29, 0.717) is 12.5 Å². The molecule has 19 heavy (non-hydrogen) atoms. The van der Waals surface area contributed by atoms with Gasteiger partial charge in [0.05, 0.1) is 12.5 Å². The number of benzene rings is 1. The average molecular weight is 328 g/mol. The number of halogens is 1. The molecule has 2 atom stereocenters. The van der Waals surface area contributed by atoms with Crippen molar-refractivity contribution in [3.8, 4) is 0 Å². The highest BCUT2D eigenvalue weighted by atomic mass is 79.9. The van der Waals surface area contributed by atoms with E-state index in [1.807, 2.05) is 25.1 Å². The van der Waals surface area contributed by atoms with Crippen molar-refractivity contribution in [1.29, 1.82) is 0 Å². The number of carbonyl (C=O) groups excluding carboxylic acids is 1. The average Bonchev–Trinajstić information content (AvgIpc) is 2.40. The Morgan fingerprint density at radius 1 is 1.37 bits per heavy atom. The molecule has 1 aliphatic rings. The van der Waals surface area contributed by atoms with Crippen LogP contribution in [0.2, 0.25) is 0 Å². The fraction of sp³-hybridized carbons (Fsp3) is 0.533. The summed E-state index contributed by atoms with van der Waals surface area (Å²) >= 11 is 0. The molecule has 1 aromatic rings. The van der Waals surface area contributed by atoms with Crippen molar-refractivity contribution >= 4 is 23.0 Å². The number of nitrogens with zero attached hydrogens (tertiary/aromatic N) is 1. The molecule has 4 heteroatoms. The number of hydrogen-bond donors (Lipinski definition) is 0. The SMILES string of the molecule is Br.CCOC(=O)[C@H]1CN(C)CC[C@@H]1c1ccccc1. The molecule has 0 bridgehead atoms. The standard InChI is InChI=1S/C15H21NO2.BrH/c1-3-18-15(17)14-11-16(2)10-9-13(14)12-7-5-4-6-8-12;/h4-8,13-14H,3,9-11H2,1-2H3;1H/t13-,14+;/m1./s1. The maximum Gasteiger partial charge on any atom is 0.310 e. The van der Waals surface area contributed by atoms with Gasteiger partial charge in [-0.25, -0.2) is 0 Å². The van der Waals surface area contributed by atoms with Crippen LogP contribution in [0.1, 0.15) is 24.8 Å². The number of piperidine rings is 1. The molecule has 0 amide bonds. The molecular weight excluding hydrogens is 306 g/mol. The first kappa shape index (κ1) is 16.2. The van der Waals surface area contributed by atoms with Gasteiger partial charge in [-0.3, -0.25) is 4.79 Å². The van der Waals surface area contributed by atoms with Crippen molar-refractivity contribution in [3.05, 3.63) is 35.9 Å². The van der Waals surface area contributed by atoms with Gasteiger partial charge >= 0.3 is 5.97 Å². The molecule has 0 radical (unpaired) electrons. The maximum atomic E-state index is 12.1. The molecule has 1 saturated heterocycles. The molecule has 1 heterocycles. The summed E-state index contributed by atoms with van der Waals surface area (Å²) in [5, 5.41) is 0. The zero-order valence-electron chi connectivity index (χ0n) is 11.5. The molecule has 0 aromatic heterocycles. The van der Waals surface area contributed by atoms with Gasteiger partial charge in [0, 0.05) is 6.54 Å². The van der Waals surface area contributed by atoms with E-state index in [1.54, 1.807) is 0 Å². The van der Waals surface area contributed by atoms with E-state index < -0.39 is 0 Å². The highest BCUT2D eigenvalue weighted by Gasteiger charge is 2.34. The van der Waals surface area contributed by atoms with E-state index in [9.17, 15) is 4.79 Å². The summed E-state index contributed by atoms with van der Waals surface area (Å²) in [5.74, 6) is 0.199. The van der Waals surface area contributed by atoms with Crippen LogP contribution in [0.4, 0.5) is 0 Å². The van der Waals surface area contributed by atoms with E-state index in [0.717, 1.165) is 19.5 Å². The van der Waals surface area contributed by atoms with Crippen LogP contribution in [-0.4, -0.2) is 37.6 Å². The molecule has 0 saturated carbocycles. The molecule has 0 spiro atoms. The Kier molecular flexibility index (Phi) is 6.52. The Hall–Kier alpha value is -0.870. The molecule has 2 rings (SSSR count). The third-order valence-corrected chi connectivity index (χ3v) is 3.63. The normalized spacial score (nSPS) is 23.5. The lowest BCUT2D eigenvalue weighted by Crippen LogP contribution is -2.41. The number of hydrogen-bond acceptors (Lipinski definition) is 3. The van der Waals surface area contributed by atoms with Crippen molar-refractivity contribution in [1.82, 2.24) is 4.90 Å². The summed E-state index contributed by atoms with van der Waals surface area (Å²) in [6.07, 6.45) is 1.02. The largest absolute Gasteiger partial charge is 0.466 e. The summed E-state index contributed by atoms with van der Waals surface area (Å²) in [7, 11) is 2.06. The van der Waals surface area contributed by atoms with Crippen LogP contribution >= 0.6 is 17.0 Å². The first-order valence-corrected chi connectivity index (χ1v) is 6.62. The summed E-state index contributed by atoms with van der Waals surface area (Å²) in [6, 6.07) is 10.3. The quantitative estimate of drug-likeness (QED) is 0.799. The summed E-state index contributed by atoms with van der Waals surface area (Å²) < 4.78 is 5.22. The Morgan fingerprint density at radius 2 is 2.05 bits per heavy atom. The second kappa shape index (κ2) is 7.65. The predicted octanol–water partition coefficient (Wildman–Crippen LogP) is 2.86. The lowest BCUT2D eigenvalue weighted by Gasteiger charge is -2.35.